The van der Waals surface area contributed by atoms with Crippen LogP contribution in [-0.2, 0) is 17.8 Å². The average Bonchev–Trinajstić information content (AvgIpc) is 2.60. The van der Waals surface area contributed by atoms with Gasteiger partial charge in [-0.3, -0.25) is 0 Å². The summed E-state index contributed by atoms with van der Waals surface area (Å²) in [6, 6.07) is 13.9. The monoisotopic (exact) mass is 380 g/mol. The van der Waals surface area contributed by atoms with E-state index in [1.54, 1.807) is 6.07 Å². The van der Waals surface area contributed by atoms with Crippen LogP contribution in [0.25, 0.3) is 10.4 Å². The van der Waals surface area contributed by atoms with Gasteiger partial charge in [-0.2, -0.15) is 0 Å². The fraction of sp³-hybridized carbons (Fsp3) is 0.333. The van der Waals surface area contributed by atoms with Crippen LogP contribution in [0.15, 0.2) is 59.7 Å². The Morgan fingerprint density at radius 1 is 1.07 bits per heavy atom. The molecule has 2 aromatic rings. The molecule has 0 saturated heterocycles. The lowest BCUT2D eigenvalue weighted by Gasteiger charge is -2.19. The molecule has 0 bridgehead atoms. The average molecular weight is 380 g/mol. The molecule has 9 heteroatoms. The van der Waals surface area contributed by atoms with Gasteiger partial charge < -0.3 is 15.2 Å². The van der Waals surface area contributed by atoms with Crippen LogP contribution in [-0.4, -0.2) is 25.1 Å². The first-order valence-corrected chi connectivity index (χ1v) is 8.13. The van der Waals surface area contributed by atoms with Crippen molar-refractivity contribution in [2.24, 2.45) is 10.8 Å². The molecule has 0 saturated carbocycles. The third-order valence-corrected chi connectivity index (χ3v) is 3.70. The highest BCUT2D eigenvalue weighted by molar-refractivity contribution is 5.28. The Bertz CT molecular complexity index is 765. The van der Waals surface area contributed by atoms with Crippen molar-refractivity contribution in [1.29, 1.82) is 0 Å². The molecule has 0 aliphatic rings. The summed E-state index contributed by atoms with van der Waals surface area (Å²) in [4.78, 5) is 2.80. The summed E-state index contributed by atoms with van der Waals surface area (Å²) in [5.74, 6) is -0.323. The number of alkyl halides is 3. The zero-order chi connectivity index (χ0) is 19.7. The van der Waals surface area contributed by atoms with Crippen LogP contribution in [0.2, 0.25) is 0 Å². The van der Waals surface area contributed by atoms with Crippen molar-refractivity contribution >= 4 is 0 Å². The van der Waals surface area contributed by atoms with E-state index >= 15 is 0 Å². The Labute approximate surface area is 154 Å². The summed E-state index contributed by atoms with van der Waals surface area (Å²) < 4.78 is 46.2. The summed E-state index contributed by atoms with van der Waals surface area (Å²) in [7, 11) is 0. The highest BCUT2D eigenvalue weighted by Crippen LogP contribution is 2.23. The van der Waals surface area contributed by atoms with Crippen molar-refractivity contribution in [1.82, 2.24) is 0 Å². The van der Waals surface area contributed by atoms with Crippen molar-refractivity contribution in [2.45, 2.75) is 31.5 Å². The second-order valence-electron chi connectivity index (χ2n) is 5.84. The fourth-order valence-electron chi connectivity index (χ4n) is 2.46. The molecule has 0 fully saturated rings. The molecular formula is C18H19F3N4O2. The molecule has 2 aromatic carbocycles. The Morgan fingerprint density at radius 2 is 1.78 bits per heavy atom. The van der Waals surface area contributed by atoms with Gasteiger partial charge in [0.05, 0.1) is 19.3 Å². The largest absolute Gasteiger partial charge is 0.573 e. The third kappa shape index (κ3) is 7.57. The molecular weight excluding hydrogens is 361 g/mol. The molecule has 0 aliphatic heterocycles. The first-order chi connectivity index (χ1) is 12.9. The van der Waals surface area contributed by atoms with Crippen LogP contribution >= 0.6 is 0 Å². The van der Waals surface area contributed by atoms with Crippen molar-refractivity contribution in [3.05, 3.63) is 76.2 Å². The van der Waals surface area contributed by atoms with Crippen LogP contribution < -0.4 is 10.5 Å². The predicted octanol–water partition coefficient (Wildman–Crippen LogP) is 4.35. The lowest BCUT2D eigenvalue weighted by atomic mass is 10.0. The van der Waals surface area contributed by atoms with Crippen molar-refractivity contribution in [2.75, 3.05) is 6.61 Å². The zero-order valence-electron chi connectivity index (χ0n) is 14.3. The number of hydrogen-bond acceptors (Lipinski definition) is 4. The second kappa shape index (κ2) is 9.82. The summed E-state index contributed by atoms with van der Waals surface area (Å²) in [5.41, 5.74) is 16.3. The van der Waals surface area contributed by atoms with Gasteiger partial charge in [0.15, 0.2) is 0 Å². The molecule has 144 valence electrons. The number of rotatable bonds is 9. The van der Waals surface area contributed by atoms with E-state index in [9.17, 15) is 13.2 Å². The highest BCUT2D eigenvalue weighted by Gasteiger charge is 2.31. The number of nitrogens with two attached hydrogens (primary N) is 1. The summed E-state index contributed by atoms with van der Waals surface area (Å²) >= 11 is 0. The van der Waals surface area contributed by atoms with Gasteiger partial charge in [-0.05, 0) is 35.2 Å². The van der Waals surface area contributed by atoms with E-state index < -0.39 is 18.4 Å². The topological polar surface area (TPSA) is 93.2 Å². The number of benzene rings is 2. The van der Waals surface area contributed by atoms with E-state index in [2.05, 4.69) is 14.8 Å². The molecule has 2 atom stereocenters. The van der Waals surface area contributed by atoms with E-state index in [-0.39, 0.29) is 19.0 Å². The first kappa shape index (κ1) is 20.6. The SMILES string of the molecule is [N-]=[N+]=N[C@@H](COCc1cccc(OC(F)(F)F)c1)[C@@H](N)Cc1ccccc1. The Balaban J connectivity index is 1.90. The van der Waals surface area contributed by atoms with E-state index in [1.165, 1.54) is 18.2 Å². The summed E-state index contributed by atoms with van der Waals surface area (Å²) in [6.07, 6.45) is -4.25. The zero-order valence-corrected chi connectivity index (χ0v) is 14.3. The highest BCUT2D eigenvalue weighted by atomic mass is 19.4. The maximum Gasteiger partial charge on any atom is 0.573 e. The number of azide groups is 1. The number of nitrogens with zero attached hydrogens (tertiary/aromatic N) is 3. The van der Waals surface area contributed by atoms with Crippen LogP contribution in [0.3, 0.4) is 0 Å². The molecule has 0 spiro atoms. The summed E-state index contributed by atoms with van der Waals surface area (Å²) in [5, 5.41) is 3.67. The minimum atomic E-state index is -4.75. The van der Waals surface area contributed by atoms with Crippen molar-refractivity contribution < 1.29 is 22.6 Å². The van der Waals surface area contributed by atoms with Gasteiger partial charge in [0, 0.05) is 11.0 Å². The van der Waals surface area contributed by atoms with Gasteiger partial charge in [0.1, 0.15) is 5.75 Å². The van der Waals surface area contributed by atoms with Crippen LogP contribution in [0, 0.1) is 0 Å². The second-order valence-corrected chi connectivity index (χ2v) is 5.84. The van der Waals surface area contributed by atoms with Crippen LogP contribution in [0.5, 0.6) is 5.75 Å². The minimum Gasteiger partial charge on any atom is -0.406 e. The predicted molar refractivity (Wildman–Crippen MR) is 93.8 cm³/mol. The van der Waals surface area contributed by atoms with Gasteiger partial charge in [-0.1, -0.05) is 47.6 Å². The fourth-order valence-corrected chi connectivity index (χ4v) is 2.46. The molecule has 0 aliphatic carbocycles. The lowest BCUT2D eigenvalue weighted by molar-refractivity contribution is -0.274. The van der Waals surface area contributed by atoms with Gasteiger partial charge in [-0.15, -0.1) is 13.2 Å². The molecule has 2 N–H and O–H groups in total. The Hall–Kier alpha value is -2.74. The molecule has 0 aromatic heterocycles. The molecule has 0 radical (unpaired) electrons. The van der Waals surface area contributed by atoms with Gasteiger partial charge in [0.2, 0.25) is 0 Å². The standard InChI is InChI=1S/C18H19F3N4O2/c19-18(20,21)27-15-8-4-7-14(9-15)11-26-12-17(24-25-23)16(22)10-13-5-2-1-3-6-13/h1-9,16-17H,10-12,22H2/t16-,17-/m0/s1. The Morgan fingerprint density at radius 3 is 2.44 bits per heavy atom. The molecule has 6 nitrogen and oxygen atoms in total. The maximum absolute atomic E-state index is 12.3. The first-order valence-electron chi connectivity index (χ1n) is 8.13. The molecule has 27 heavy (non-hydrogen) atoms. The lowest BCUT2D eigenvalue weighted by Crippen LogP contribution is -2.38. The minimum absolute atomic E-state index is 0.0323. The quantitative estimate of drug-likeness (QED) is 0.398. The molecule has 0 unspecified atom stereocenters. The van der Waals surface area contributed by atoms with Crippen molar-refractivity contribution in [3.63, 3.8) is 0 Å². The summed E-state index contributed by atoms with van der Waals surface area (Å²) in [6.45, 7) is 0.0764. The van der Waals surface area contributed by atoms with Gasteiger partial charge in [-0.25, -0.2) is 0 Å². The van der Waals surface area contributed by atoms with Gasteiger partial charge >= 0.3 is 6.36 Å². The smallest absolute Gasteiger partial charge is 0.406 e. The van der Waals surface area contributed by atoms with Crippen molar-refractivity contribution in [3.8, 4) is 5.75 Å². The number of hydrogen-bond donors (Lipinski definition) is 1. The maximum atomic E-state index is 12.3. The number of ether oxygens (including phenoxy) is 2. The van der Waals surface area contributed by atoms with E-state index in [4.69, 9.17) is 16.0 Å². The van der Waals surface area contributed by atoms with Gasteiger partial charge in [0.25, 0.3) is 0 Å². The molecule has 0 amide bonds. The molecule has 0 heterocycles. The number of halogens is 3. The molecule has 2 rings (SSSR count). The third-order valence-electron chi connectivity index (χ3n) is 3.70. The van der Waals surface area contributed by atoms with Crippen LogP contribution in [0.1, 0.15) is 11.1 Å². The van der Waals surface area contributed by atoms with E-state index in [1.807, 2.05) is 30.3 Å². The van der Waals surface area contributed by atoms with E-state index in [0.717, 1.165) is 5.56 Å². The van der Waals surface area contributed by atoms with Crippen LogP contribution in [0.4, 0.5) is 13.2 Å². The Kier molecular flexibility index (Phi) is 7.48. The van der Waals surface area contributed by atoms with E-state index in [0.29, 0.717) is 12.0 Å². The normalized spacial score (nSPS) is 13.5.